The Morgan fingerprint density at radius 2 is 2.26 bits per heavy atom. The van der Waals surface area contributed by atoms with Crippen molar-refractivity contribution in [2.24, 2.45) is 11.0 Å². The summed E-state index contributed by atoms with van der Waals surface area (Å²) in [6.07, 6.45) is 5.51. The monoisotopic (exact) mass is 363 g/mol. The summed E-state index contributed by atoms with van der Waals surface area (Å²) in [6, 6.07) is 7.70. The number of rotatable bonds is 4. The predicted molar refractivity (Wildman–Crippen MR) is 107 cm³/mol. The molecule has 1 aliphatic heterocycles. The van der Waals surface area contributed by atoms with Crippen LogP contribution >= 0.6 is 0 Å². The minimum absolute atomic E-state index is 0.293. The largest absolute Gasteiger partial charge is 0.338 e. The second-order valence-electron chi connectivity index (χ2n) is 6.53. The molecule has 1 atom stereocenters. The molecule has 1 aliphatic rings. The van der Waals surface area contributed by atoms with Gasteiger partial charge in [-0.3, -0.25) is 15.3 Å². The number of benzene rings is 1. The molecular formula is C19H21N7O. The van der Waals surface area contributed by atoms with Crippen LogP contribution in [0.5, 0.6) is 0 Å². The smallest absolute Gasteiger partial charge is 0.321 e. The normalized spacial score (nSPS) is 16.1. The van der Waals surface area contributed by atoms with Crippen LogP contribution in [0.25, 0.3) is 22.2 Å². The number of fused-ring (bicyclic) bond motifs is 1. The minimum Gasteiger partial charge on any atom is -0.338 e. The van der Waals surface area contributed by atoms with Gasteiger partial charge in [0.15, 0.2) is 0 Å². The Balaban J connectivity index is 1.80. The van der Waals surface area contributed by atoms with E-state index in [9.17, 15) is 4.79 Å². The summed E-state index contributed by atoms with van der Waals surface area (Å²) in [5.74, 6) is 0.769. The van der Waals surface area contributed by atoms with Gasteiger partial charge in [-0.2, -0.15) is 5.10 Å². The lowest BCUT2D eigenvalue weighted by molar-refractivity contribution is 0.252. The molecule has 138 valence electrons. The summed E-state index contributed by atoms with van der Waals surface area (Å²) in [4.78, 5) is 23.8. The molecule has 0 fully saturated rings. The molecule has 3 aromatic rings. The number of hydrazone groups is 1. The van der Waals surface area contributed by atoms with Crippen LogP contribution in [-0.4, -0.2) is 40.3 Å². The Morgan fingerprint density at radius 1 is 1.37 bits per heavy atom. The quantitative estimate of drug-likeness (QED) is 0.663. The van der Waals surface area contributed by atoms with Crippen molar-refractivity contribution in [3.8, 4) is 11.1 Å². The summed E-state index contributed by atoms with van der Waals surface area (Å²) >= 11 is 0. The number of anilines is 2. The molecule has 0 saturated heterocycles. The maximum Gasteiger partial charge on any atom is 0.321 e. The van der Waals surface area contributed by atoms with Gasteiger partial charge in [-0.05, 0) is 30.7 Å². The number of urea groups is 1. The number of carbonyl (C=O) groups excluding carboxylic acids is 1. The van der Waals surface area contributed by atoms with Gasteiger partial charge in [-0.1, -0.05) is 13.0 Å². The molecule has 8 nitrogen and oxygen atoms in total. The van der Waals surface area contributed by atoms with Crippen molar-refractivity contribution in [2.75, 3.05) is 23.4 Å². The van der Waals surface area contributed by atoms with Crippen molar-refractivity contribution in [1.82, 2.24) is 20.3 Å². The second kappa shape index (κ2) is 7.06. The number of pyridine rings is 1. The number of amides is 2. The minimum atomic E-state index is -0.293. The van der Waals surface area contributed by atoms with Crippen LogP contribution in [0, 0.1) is 5.92 Å². The molecule has 0 bridgehead atoms. The molecule has 2 amide bonds. The highest BCUT2D eigenvalue weighted by Crippen LogP contribution is 2.34. The summed E-state index contributed by atoms with van der Waals surface area (Å²) in [5, 5.41) is 11.9. The van der Waals surface area contributed by atoms with Gasteiger partial charge in [0.05, 0.1) is 11.2 Å². The lowest BCUT2D eigenvalue weighted by Gasteiger charge is -2.16. The zero-order valence-corrected chi connectivity index (χ0v) is 15.2. The topological polar surface area (TPSA) is 98.3 Å². The van der Waals surface area contributed by atoms with E-state index in [4.69, 9.17) is 0 Å². The SMILES string of the molecule is CCNC(=O)Nc1nc2c(N3CC(C)C=N3)cc(-c3cccnc3)cc2[nH]1. The van der Waals surface area contributed by atoms with Crippen LogP contribution in [0.2, 0.25) is 0 Å². The van der Waals surface area contributed by atoms with Gasteiger partial charge in [-0.25, -0.2) is 9.78 Å². The maximum absolute atomic E-state index is 11.8. The first-order chi connectivity index (χ1) is 13.1. The highest BCUT2D eigenvalue weighted by molar-refractivity contribution is 5.97. The van der Waals surface area contributed by atoms with Crippen LogP contribution in [0.3, 0.4) is 0 Å². The molecule has 3 heterocycles. The molecule has 1 unspecified atom stereocenters. The average Bonchev–Trinajstić information content (AvgIpc) is 3.27. The van der Waals surface area contributed by atoms with Gasteiger partial charge in [0.1, 0.15) is 5.52 Å². The van der Waals surface area contributed by atoms with E-state index in [2.05, 4.69) is 43.7 Å². The van der Waals surface area contributed by atoms with E-state index >= 15 is 0 Å². The van der Waals surface area contributed by atoms with Crippen LogP contribution in [-0.2, 0) is 0 Å². The predicted octanol–water partition coefficient (Wildman–Crippen LogP) is 3.21. The zero-order chi connectivity index (χ0) is 18.8. The van der Waals surface area contributed by atoms with Crippen molar-refractivity contribution in [3.63, 3.8) is 0 Å². The third-order valence-electron chi connectivity index (χ3n) is 4.33. The van der Waals surface area contributed by atoms with Crippen molar-refractivity contribution >= 4 is 34.9 Å². The fourth-order valence-corrected chi connectivity index (χ4v) is 3.09. The van der Waals surface area contributed by atoms with Crippen molar-refractivity contribution < 1.29 is 4.79 Å². The molecule has 0 aliphatic carbocycles. The molecule has 1 aromatic carbocycles. The van der Waals surface area contributed by atoms with E-state index in [1.54, 1.807) is 6.20 Å². The Labute approximate surface area is 156 Å². The molecule has 0 spiro atoms. The summed E-state index contributed by atoms with van der Waals surface area (Å²) < 4.78 is 0. The average molecular weight is 363 g/mol. The maximum atomic E-state index is 11.8. The number of H-pyrrole nitrogens is 1. The van der Waals surface area contributed by atoms with Gasteiger partial charge in [0.2, 0.25) is 5.95 Å². The van der Waals surface area contributed by atoms with Crippen LogP contribution < -0.4 is 15.6 Å². The summed E-state index contributed by atoms with van der Waals surface area (Å²) in [5.41, 5.74) is 4.50. The molecule has 0 radical (unpaired) electrons. The van der Waals surface area contributed by atoms with Crippen LogP contribution in [0.15, 0.2) is 41.8 Å². The second-order valence-corrected chi connectivity index (χ2v) is 6.53. The first kappa shape index (κ1) is 17.0. The molecule has 0 saturated carbocycles. The van der Waals surface area contributed by atoms with Crippen molar-refractivity contribution in [2.45, 2.75) is 13.8 Å². The van der Waals surface area contributed by atoms with E-state index in [0.717, 1.165) is 34.4 Å². The first-order valence-corrected chi connectivity index (χ1v) is 8.94. The third kappa shape index (κ3) is 3.46. The molecule has 3 N–H and O–H groups in total. The number of aromatic amines is 1. The van der Waals surface area contributed by atoms with Gasteiger partial charge >= 0.3 is 6.03 Å². The number of hydrogen-bond donors (Lipinski definition) is 3. The van der Waals surface area contributed by atoms with Crippen molar-refractivity contribution in [1.29, 1.82) is 0 Å². The van der Waals surface area contributed by atoms with E-state index < -0.39 is 0 Å². The number of nitrogens with zero attached hydrogens (tertiary/aromatic N) is 4. The van der Waals surface area contributed by atoms with E-state index in [1.807, 2.05) is 42.5 Å². The zero-order valence-electron chi connectivity index (χ0n) is 15.2. The molecule has 8 heteroatoms. The van der Waals surface area contributed by atoms with Crippen molar-refractivity contribution in [3.05, 3.63) is 36.7 Å². The number of carbonyl (C=O) groups is 1. The lowest BCUT2D eigenvalue weighted by atomic mass is 10.1. The summed E-state index contributed by atoms with van der Waals surface area (Å²) in [6.45, 7) is 5.32. The lowest BCUT2D eigenvalue weighted by Crippen LogP contribution is -2.28. The van der Waals surface area contributed by atoms with Gasteiger partial charge in [-0.15, -0.1) is 0 Å². The third-order valence-corrected chi connectivity index (χ3v) is 4.33. The summed E-state index contributed by atoms with van der Waals surface area (Å²) in [7, 11) is 0. The highest BCUT2D eigenvalue weighted by Gasteiger charge is 2.21. The van der Waals surface area contributed by atoms with E-state index in [-0.39, 0.29) is 6.03 Å². The Morgan fingerprint density at radius 3 is 2.96 bits per heavy atom. The fraction of sp³-hybridized carbons (Fsp3) is 0.263. The molecule has 2 aromatic heterocycles. The van der Waals surface area contributed by atoms with Gasteiger partial charge in [0.25, 0.3) is 0 Å². The Kier molecular flexibility index (Phi) is 4.45. The molecule has 4 rings (SSSR count). The van der Waals surface area contributed by atoms with Gasteiger partial charge in [0, 0.05) is 43.2 Å². The number of nitrogens with one attached hydrogen (secondary N) is 3. The number of hydrogen-bond acceptors (Lipinski definition) is 5. The van der Waals surface area contributed by atoms with Crippen LogP contribution in [0.4, 0.5) is 16.4 Å². The number of aromatic nitrogens is 3. The molecule has 27 heavy (non-hydrogen) atoms. The fourth-order valence-electron chi connectivity index (χ4n) is 3.09. The van der Waals surface area contributed by atoms with Gasteiger partial charge < -0.3 is 10.3 Å². The Hall–Kier alpha value is -3.42. The molecular weight excluding hydrogens is 342 g/mol. The van der Waals surface area contributed by atoms with E-state index in [0.29, 0.717) is 18.4 Å². The number of imidazole rings is 1. The first-order valence-electron chi connectivity index (χ1n) is 8.94. The standard InChI is InChI=1S/C19H21N7O/c1-3-21-19(27)25-18-23-15-7-14(13-5-4-6-20-10-13)8-16(17(15)24-18)26-11-12(2)9-22-26/h4-10,12H,3,11H2,1-2H3,(H3,21,23,24,25,27). The van der Waals surface area contributed by atoms with E-state index in [1.165, 1.54) is 0 Å². The Bertz CT molecular complexity index is 996. The highest BCUT2D eigenvalue weighted by atomic mass is 16.2. The van der Waals surface area contributed by atoms with Crippen LogP contribution in [0.1, 0.15) is 13.8 Å².